The van der Waals surface area contributed by atoms with E-state index in [1.807, 2.05) is 30.5 Å². The number of ether oxygens (including phenoxy) is 1. The third-order valence-electron chi connectivity index (χ3n) is 4.91. The summed E-state index contributed by atoms with van der Waals surface area (Å²) in [7, 11) is 1.33. The van der Waals surface area contributed by atoms with Crippen molar-refractivity contribution in [3.63, 3.8) is 0 Å². The molecule has 0 saturated carbocycles. The summed E-state index contributed by atoms with van der Waals surface area (Å²) < 4.78 is 10.7. The first-order chi connectivity index (χ1) is 15.0. The minimum absolute atomic E-state index is 0.0198. The topological polar surface area (TPSA) is 111 Å². The molecule has 0 unspecified atom stereocenters. The number of methoxy groups -OCH3 is 1. The van der Waals surface area contributed by atoms with Crippen LogP contribution in [0.15, 0.2) is 76.3 Å². The Bertz CT molecular complexity index is 1270. The number of benzene rings is 2. The number of fused-ring (bicyclic) bond motifs is 1. The number of non-ortho nitro benzene ring substituents is 1. The number of carbonyl (C=O) groups is 1. The third kappa shape index (κ3) is 4.37. The normalized spacial score (nSPS) is 12.3. The molecule has 2 aromatic heterocycles. The molecule has 0 amide bonds. The zero-order valence-corrected chi connectivity index (χ0v) is 16.6. The van der Waals surface area contributed by atoms with Crippen molar-refractivity contribution in [1.29, 1.82) is 0 Å². The summed E-state index contributed by atoms with van der Waals surface area (Å²) in [5.41, 5.74) is 2.50. The molecule has 8 heteroatoms. The summed E-state index contributed by atoms with van der Waals surface area (Å²) >= 11 is 0. The number of hydrogen-bond donors (Lipinski definition) is 1. The highest BCUT2D eigenvalue weighted by Gasteiger charge is 2.20. The molecule has 1 atom stereocenters. The van der Waals surface area contributed by atoms with Crippen molar-refractivity contribution in [2.24, 2.45) is 4.99 Å². The van der Waals surface area contributed by atoms with Crippen molar-refractivity contribution in [3.05, 3.63) is 88.3 Å². The van der Waals surface area contributed by atoms with Crippen molar-refractivity contribution in [2.75, 3.05) is 7.11 Å². The van der Waals surface area contributed by atoms with E-state index < -0.39 is 16.9 Å². The summed E-state index contributed by atoms with van der Waals surface area (Å²) in [5, 5.41) is 12.0. The van der Waals surface area contributed by atoms with E-state index in [1.165, 1.54) is 25.5 Å². The molecule has 0 aliphatic carbocycles. The van der Waals surface area contributed by atoms with E-state index in [2.05, 4.69) is 9.98 Å². The van der Waals surface area contributed by atoms with E-state index in [0.29, 0.717) is 23.5 Å². The second-order valence-corrected chi connectivity index (χ2v) is 6.89. The van der Waals surface area contributed by atoms with Gasteiger partial charge in [0.15, 0.2) is 6.04 Å². The number of rotatable bonds is 7. The molecule has 31 heavy (non-hydrogen) atoms. The van der Waals surface area contributed by atoms with Gasteiger partial charge in [0.1, 0.15) is 11.5 Å². The third-order valence-corrected chi connectivity index (χ3v) is 4.91. The lowest BCUT2D eigenvalue weighted by molar-refractivity contribution is -0.384. The van der Waals surface area contributed by atoms with Crippen molar-refractivity contribution in [2.45, 2.75) is 12.5 Å². The van der Waals surface area contributed by atoms with Crippen LogP contribution in [0.2, 0.25) is 0 Å². The second kappa shape index (κ2) is 8.66. The van der Waals surface area contributed by atoms with Crippen LogP contribution in [0.4, 0.5) is 5.69 Å². The first-order valence-electron chi connectivity index (χ1n) is 9.56. The summed E-state index contributed by atoms with van der Waals surface area (Å²) in [6, 6.07) is 16.7. The molecule has 1 N–H and O–H groups in total. The van der Waals surface area contributed by atoms with Gasteiger partial charge in [0.05, 0.1) is 18.2 Å². The number of carbonyl (C=O) groups excluding carboxylic acids is 1. The Hall–Kier alpha value is -4.20. The predicted molar refractivity (Wildman–Crippen MR) is 116 cm³/mol. The van der Waals surface area contributed by atoms with Crippen LogP contribution in [0.5, 0.6) is 0 Å². The Morgan fingerprint density at radius 3 is 2.87 bits per heavy atom. The van der Waals surface area contributed by atoms with Gasteiger partial charge in [-0.1, -0.05) is 30.3 Å². The average molecular weight is 417 g/mol. The number of para-hydroxylation sites is 1. The number of H-pyrrole nitrogens is 1. The van der Waals surface area contributed by atoms with Gasteiger partial charge in [-0.2, -0.15) is 0 Å². The van der Waals surface area contributed by atoms with E-state index in [-0.39, 0.29) is 5.69 Å². The Morgan fingerprint density at radius 2 is 2.06 bits per heavy atom. The first-order valence-corrected chi connectivity index (χ1v) is 9.56. The highest BCUT2D eigenvalue weighted by Crippen LogP contribution is 2.25. The van der Waals surface area contributed by atoms with Crippen LogP contribution < -0.4 is 0 Å². The van der Waals surface area contributed by atoms with Crippen molar-refractivity contribution < 1.29 is 18.9 Å². The standard InChI is InChI=1S/C23H19N3O5/c1-30-23(27)21(12-16-13-24-20-8-3-2-7-19(16)20)25-14-18-9-10-22(31-18)15-5-4-6-17(11-15)26(28)29/h2-11,13-14,21,24H,12H2,1H3/t21-/m0/s1. The summed E-state index contributed by atoms with van der Waals surface area (Å²) in [6.07, 6.45) is 3.70. The van der Waals surface area contributed by atoms with E-state index in [0.717, 1.165) is 16.5 Å². The number of hydrogen-bond acceptors (Lipinski definition) is 6. The van der Waals surface area contributed by atoms with Crippen LogP contribution in [0, 0.1) is 10.1 Å². The van der Waals surface area contributed by atoms with Crippen molar-refractivity contribution in [1.82, 2.24) is 4.98 Å². The largest absolute Gasteiger partial charge is 0.467 e. The SMILES string of the molecule is COC(=O)[C@H](Cc1c[nH]c2ccccc12)N=Cc1ccc(-c2cccc([N+](=O)[O-])c2)o1. The fourth-order valence-electron chi connectivity index (χ4n) is 3.36. The molecule has 8 nitrogen and oxygen atoms in total. The van der Waals surface area contributed by atoms with Gasteiger partial charge in [-0.15, -0.1) is 0 Å². The Labute approximate surface area is 177 Å². The fourth-order valence-corrected chi connectivity index (χ4v) is 3.36. The van der Waals surface area contributed by atoms with Crippen LogP contribution in [0.3, 0.4) is 0 Å². The molecule has 0 spiro atoms. The molecule has 4 rings (SSSR count). The van der Waals surface area contributed by atoms with E-state index in [9.17, 15) is 14.9 Å². The molecule has 0 bridgehead atoms. The lowest BCUT2D eigenvalue weighted by Gasteiger charge is -2.09. The van der Waals surface area contributed by atoms with E-state index in [4.69, 9.17) is 9.15 Å². The van der Waals surface area contributed by atoms with Crippen LogP contribution in [-0.2, 0) is 16.0 Å². The van der Waals surface area contributed by atoms with Crippen molar-refractivity contribution >= 4 is 28.8 Å². The Morgan fingerprint density at radius 1 is 1.23 bits per heavy atom. The van der Waals surface area contributed by atoms with Crippen LogP contribution in [0.25, 0.3) is 22.2 Å². The molecule has 2 aromatic carbocycles. The Balaban J connectivity index is 1.55. The van der Waals surface area contributed by atoms with Gasteiger partial charge in [-0.3, -0.25) is 15.1 Å². The molecule has 0 radical (unpaired) electrons. The summed E-state index contributed by atoms with van der Waals surface area (Å²) in [6.45, 7) is 0. The lowest BCUT2D eigenvalue weighted by atomic mass is 10.1. The minimum Gasteiger partial charge on any atom is -0.467 e. The maximum Gasteiger partial charge on any atom is 0.330 e. The number of nitro groups is 1. The maximum absolute atomic E-state index is 12.3. The number of nitrogens with zero attached hydrogens (tertiary/aromatic N) is 2. The van der Waals surface area contributed by atoms with Crippen LogP contribution in [-0.4, -0.2) is 35.2 Å². The average Bonchev–Trinajstić information content (AvgIpc) is 3.43. The quantitative estimate of drug-likeness (QED) is 0.205. The number of furan rings is 1. The number of nitro benzene ring substituents is 1. The second-order valence-electron chi connectivity index (χ2n) is 6.89. The van der Waals surface area contributed by atoms with Gasteiger partial charge in [0, 0.05) is 41.2 Å². The monoisotopic (exact) mass is 417 g/mol. The highest BCUT2D eigenvalue weighted by atomic mass is 16.6. The molecule has 0 fully saturated rings. The van der Waals surface area contributed by atoms with Crippen molar-refractivity contribution in [3.8, 4) is 11.3 Å². The minimum atomic E-state index is -0.740. The number of aliphatic imine (C=N–C) groups is 1. The number of nitrogens with one attached hydrogen (secondary N) is 1. The molecule has 0 saturated heterocycles. The van der Waals surface area contributed by atoms with Gasteiger partial charge >= 0.3 is 5.97 Å². The van der Waals surface area contributed by atoms with E-state index >= 15 is 0 Å². The van der Waals surface area contributed by atoms with Gasteiger partial charge < -0.3 is 14.1 Å². The smallest absolute Gasteiger partial charge is 0.330 e. The van der Waals surface area contributed by atoms with E-state index in [1.54, 1.807) is 24.3 Å². The maximum atomic E-state index is 12.3. The Kier molecular flexibility index (Phi) is 5.61. The lowest BCUT2D eigenvalue weighted by Crippen LogP contribution is -2.23. The number of esters is 1. The van der Waals surface area contributed by atoms with Gasteiger partial charge in [-0.25, -0.2) is 4.79 Å². The molecule has 2 heterocycles. The van der Waals surface area contributed by atoms with Crippen LogP contribution in [0.1, 0.15) is 11.3 Å². The molecule has 0 aliphatic rings. The summed E-state index contributed by atoms with van der Waals surface area (Å²) in [4.78, 5) is 30.4. The molecule has 4 aromatic rings. The molecular weight excluding hydrogens is 398 g/mol. The summed E-state index contributed by atoms with van der Waals surface area (Å²) in [5.74, 6) is 0.442. The van der Waals surface area contributed by atoms with Gasteiger partial charge in [-0.05, 0) is 23.8 Å². The van der Waals surface area contributed by atoms with Gasteiger partial charge in [0.2, 0.25) is 0 Å². The number of aromatic amines is 1. The zero-order chi connectivity index (χ0) is 21.8. The zero-order valence-electron chi connectivity index (χ0n) is 16.6. The molecule has 0 aliphatic heterocycles. The van der Waals surface area contributed by atoms with Crippen LogP contribution >= 0.6 is 0 Å². The molecular formula is C23H19N3O5. The fraction of sp³-hybridized carbons (Fsp3) is 0.130. The van der Waals surface area contributed by atoms with Gasteiger partial charge in [0.25, 0.3) is 5.69 Å². The highest BCUT2D eigenvalue weighted by molar-refractivity contribution is 5.86. The predicted octanol–water partition coefficient (Wildman–Crippen LogP) is 4.54. The number of aromatic nitrogens is 1. The molecule has 156 valence electrons. The first kappa shape index (κ1) is 20.1.